The summed E-state index contributed by atoms with van der Waals surface area (Å²) in [5, 5.41) is 8.92. The Balaban J connectivity index is 2.32. The van der Waals surface area contributed by atoms with E-state index in [1.807, 2.05) is 0 Å². The molecule has 1 aliphatic heterocycles. The van der Waals surface area contributed by atoms with Crippen molar-refractivity contribution >= 4 is 31.9 Å². The molecule has 1 aliphatic rings. The summed E-state index contributed by atoms with van der Waals surface area (Å²) in [4.78, 5) is 11.0. The van der Waals surface area contributed by atoms with Crippen LogP contribution in [-0.4, -0.2) is 50.1 Å². The number of benzene rings is 1. The van der Waals surface area contributed by atoms with Crippen LogP contribution in [0.5, 0.6) is 0 Å². The number of halogens is 1. The maximum Gasteiger partial charge on any atom is 0.335 e. The predicted molar refractivity (Wildman–Crippen MR) is 79.9 cm³/mol. The normalized spacial score (nSPS) is 17.1. The first-order valence-electron chi connectivity index (χ1n) is 6.42. The van der Waals surface area contributed by atoms with Gasteiger partial charge in [-0.3, -0.25) is 0 Å². The topological polar surface area (TPSA) is 83.9 Å². The largest absolute Gasteiger partial charge is 0.478 e. The number of ether oxygens (including phenoxy) is 1. The second-order valence-electron chi connectivity index (χ2n) is 4.82. The Hall–Kier alpha value is -0.960. The minimum atomic E-state index is -3.67. The van der Waals surface area contributed by atoms with Gasteiger partial charge in [-0.1, -0.05) is 0 Å². The van der Waals surface area contributed by atoms with Gasteiger partial charge >= 0.3 is 5.97 Å². The first kappa shape index (κ1) is 16.4. The average Bonchev–Trinajstić information content (AvgIpc) is 2.46. The summed E-state index contributed by atoms with van der Waals surface area (Å²) in [5.41, 5.74) is 0.0366. The van der Waals surface area contributed by atoms with Crippen molar-refractivity contribution in [2.45, 2.75) is 23.8 Å². The Morgan fingerprint density at radius 2 is 2.00 bits per heavy atom. The number of hydrogen-bond acceptors (Lipinski definition) is 4. The predicted octanol–water partition coefficient (Wildman–Crippen LogP) is 1.95. The van der Waals surface area contributed by atoms with Crippen LogP contribution >= 0.6 is 15.9 Å². The van der Waals surface area contributed by atoms with Crippen LogP contribution in [-0.2, 0) is 14.8 Å². The molecule has 0 unspecified atom stereocenters. The van der Waals surface area contributed by atoms with Gasteiger partial charge in [-0.2, -0.15) is 4.31 Å². The summed E-state index contributed by atoms with van der Waals surface area (Å²) in [6.07, 6.45) is 1.31. The van der Waals surface area contributed by atoms with Gasteiger partial charge in [-0.15, -0.1) is 0 Å². The molecule has 0 saturated carbocycles. The fraction of sp³-hybridized carbons (Fsp3) is 0.462. The lowest BCUT2D eigenvalue weighted by atomic mass is 10.1. The van der Waals surface area contributed by atoms with Crippen LogP contribution in [0.4, 0.5) is 0 Å². The quantitative estimate of drug-likeness (QED) is 0.866. The van der Waals surface area contributed by atoms with Crippen molar-refractivity contribution in [2.24, 2.45) is 0 Å². The van der Waals surface area contributed by atoms with Crippen molar-refractivity contribution in [1.82, 2.24) is 4.31 Å². The average molecular weight is 378 g/mol. The molecule has 8 heteroatoms. The van der Waals surface area contributed by atoms with Crippen molar-refractivity contribution in [3.63, 3.8) is 0 Å². The second-order valence-corrected chi connectivity index (χ2v) is 7.64. The molecule has 2 rings (SSSR count). The Kier molecular flexibility index (Phi) is 5.03. The Morgan fingerprint density at radius 1 is 1.38 bits per heavy atom. The highest BCUT2D eigenvalue weighted by atomic mass is 79.9. The molecule has 0 bridgehead atoms. The molecule has 0 amide bonds. The molecule has 1 aromatic rings. The molecule has 0 radical (unpaired) electrons. The van der Waals surface area contributed by atoms with Gasteiger partial charge < -0.3 is 9.84 Å². The van der Waals surface area contributed by atoms with E-state index >= 15 is 0 Å². The molecule has 1 saturated heterocycles. The molecule has 1 N–H and O–H groups in total. The molecule has 0 spiro atoms. The molecule has 0 aromatic heterocycles. The van der Waals surface area contributed by atoms with Gasteiger partial charge in [-0.25, -0.2) is 13.2 Å². The standard InChI is InChI=1S/C13H16BrNO5S/c1-15(10-4-6-20-7-5-10)21(18,19)12-3-2-9(13(16)17)8-11(12)14/h2-3,8,10H,4-7H2,1H3,(H,16,17). The maximum atomic E-state index is 12.6. The zero-order valence-corrected chi connectivity index (χ0v) is 13.9. The Morgan fingerprint density at radius 3 is 2.52 bits per heavy atom. The number of sulfonamides is 1. The minimum Gasteiger partial charge on any atom is -0.478 e. The van der Waals surface area contributed by atoms with Gasteiger partial charge in [0.25, 0.3) is 0 Å². The zero-order chi connectivity index (χ0) is 15.6. The lowest BCUT2D eigenvalue weighted by molar-refractivity contribution is 0.0631. The molecule has 21 heavy (non-hydrogen) atoms. The van der Waals surface area contributed by atoms with Gasteiger partial charge in [0, 0.05) is 30.8 Å². The van der Waals surface area contributed by atoms with Crippen LogP contribution in [0.2, 0.25) is 0 Å². The fourth-order valence-corrected chi connectivity index (χ4v) is 4.69. The van der Waals surface area contributed by atoms with Crippen LogP contribution in [0, 0.1) is 0 Å². The third-order valence-electron chi connectivity index (χ3n) is 3.54. The Labute approximate surface area is 131 Å². The summed E-state index contributed by atoms with van der Waals surface area (Å²) >= 11 is 3.15. The van der Waals surface area contributed by atoms with E-state index in [4.69, 9.17) is 9.84 Å². The molecule has 1 fully saturated rings. The molecule has 1 aromatic carbocycles. The number of rotatable bonds is 4. The molecular weight excluding hydrogens is 362 g/mol. The van der Waals surface area contributed by atoms with Gasteiger partial charge in [-0.05, 0) is 47.0 Å². The van der Waals surface area contributed by atoms with Gasteiger partial charge in [0.15, 0.2) is 0 Å². The number of aromatic carboxylic acids is 1. The van der Waals surface area contributed by atoms with E-state index in [-0.39, 0.29) is 21.0 Å². The van der Waals surface area contributed by atoms with Crippen LogP contribution in [0.15, 0.2) is 27.6 Å². The molecular formula is C13H16BrNO5S. The third kappa shape index (κ3) is 3.45. The molecule has 6 nitrogen and oxygen atoms in total. The second kappa shape index (κ2) is 6.43. The zero-order valence-electron chi connectivity index (χ0n) is 11.5. The molecule has 1 heterocycles. The number of carbonyl (C=O) groups is 1. The van der Waals surface area contributed by atoms with Crippen molar-refractivity contribution in [1.29, 1.82) is 0 Å². The summed E-state index contributed by atoms with van der Waals surface area (Å²) in [6, 6.07) is 3.80. The van der Waals surface area contributed by atoms with E-state index in [0.717, 1.165) is 0 Å². The smallest absolute Gasteiger partial charge is 0.335 e. The van der Waals surface area contributed by atoms with Crippen LogP contribution in [0.3, 0.4) is 0 Å². The monoisotopic (exact) mass is 377 g/mol. The first-order chi connectivity index (χ1) is 9.84. The number of nitrogens with zero attached hydrogens (tertiary/aromatic N) is 1. The molecule has 0 aliphatic carbocycles. The van der Waals surface area contributed by atoms with Crippen LogP contribution in [0.1, 0.15) is 23.2 Å². The molecule has 116 valence electrons. The highest BCUT2D eigenvalue weighted by molar-refractivity contribution is 9.10. The van der Waals surface area contributed by atoms with Crippen molar-refractivity contribution in [2.75, 3.05) is 20.3 Å². The summed E-state index contributed by atoms with van der Waals surface area (Å²) in [7, 11) is -2.13. The highest BCUT2D eigenvalue weighted by Crippen LogP contribution is 2.28. The number of carboxylic acids is 1. The minimum absolute atomic E-state index is 0.0366. The summed E-state index contributed by atoms with van der Waals surface area (Å²) in [6.45, 7) is 1.09. The van der Waals surface area contributed by atoms with Crippen molar-refractivity contribution in [3.05, 3.63) is 28.2 Å². The van der Waals surface area contributed by atoms with E-state index in [1.54, 1.807) is 7.05 Å². The Bertz CT molecular complexity index is 640. The number of hydrogen-bond donors (Lipinski definition) is 1. The SMILES string of the molecule is CN(C1CCOCC1)S(=O)(=O)c1ccc(C(=O)O)cc1Br. The first-order valence-corrected chi connectivity index (χ1v) is 8.66. The van der Waals surface area contributed by atoms with Gasteiger partial charge in [0.2, 0.25) is 10.0 Å². The molecule has 0 atom stereocenters. The van der Waals surface area contributed by atoms with Crippen LogP contribution < -0.4 is 0 Å². The summed E-state index contributed by atoms with van der Waals surface area (Å²) < 4.78 is 32.1. The summed E-state index contributed by atoms with van der Waals surface area (Å²) in [5.74, 6) is -1.10. The van der Waals surface area contributed by atoms with E-state index in [0.29, 0.717) is 26.1 Å². The van der Waals surface area contributed by atoms with E-state index in [1.165, 1.54) is 22.5 Å². The number of carboxylic acid groups (broad SMARTS) is 1. The lowest BCUT2D eigenvalue weighted by Crippen LogP contribution is -2.40. The third-order valence-corrected chi connectivity index (χ3v) is 6.43. The van der Waals surface area contributed by atoms with E-state index in [9.17, 15) is 13.2 Å². The lowest BCUT2D eigenvalue weighted by Gasteiger charge is -2.30. The van der Waals surface area contributed by atoms with Crippen molar-refractivity contribution < 1.29 is 23.1 Å². The van der Waals surface area contributed by atoms with Gasteiger partial charge in [0.05, 0.1) is 10.5 Å². The van der Waals surface area contributed by atoms with Gasteiger partial charge in [0.1, 0.15) is 0 Å². The highest BCUT2D eigenvalue weighted by Gasteiger charge is 2.30. The van der Waals surface area contributed by atoms with Crippen molar-refractivity contribution in [3.8, 4) is 0 Å². The maximum absolute atomic E-state index is 12.6. The van der Waals surface area contributed by atoms with Crippen LogP contribution in [0.25, 0.3) is 0 Å². The van der Waals surface area contributed by atoms with E-state index < -0.39 is 16.0 Å². The van der Waals surface area contributed by atoms with E-state index in [2.05, 4.69) is 15.9 Å². The fourth-order valence-electron chi connectivity index (χ4n) is 2.24.